The van der Waals surface area contributed by atoms with Gasteiger partial charge in [-0.3, -0.25) is 0 Å². The number of furan rings is 1. The van der Waals surface area contributed by atoms with Gasteiger partial charge in [0.05, 0.1) is 6.26 Å². The van der Waals surface area contributed by atoms with Gasteiger partial charge in [0.15, 0.2) is 0 Å². The number of nitrogens with two attached hydrogens (primary N) is 1. The summed E-state index contributed by atoms with van der Waals surface area (Å²) in [6.07, 6.45) is 2.79. The molecule has 1 aromatic carbocycles. The zero-order chi connectivity index (χ0) is 11.4. The lowest BCUT2D eigenvalue weighted by Crippen LogP contribution is -1.90. The number of thioether (sulfide) groups is 1. The third kappa shape index (κ3) is 2.83. The van der Waals surface area contributed by atoms with Crippen LogP contribution in [-0.2, 0) is 6.42 Å². The van der Waals surface area contributed by atoms with Crippen LogP contribution in [0.3, 0.4) is 0 Å². The van der Waals surface area contributed by atoms with Crippen molar-refractivity contribution >= 4 is 17.4 Å². The molecule has 0 radical (unpaired) electrons. The van der Waals surface area contributed by atoms with E-state index in [4.69, 9.17) is 10.2 Å². The van der Waals surface area contributed by atoms with E-state index in [1.807, 2.05) is 36.9 Å². The first kappa shape index (κ1) is 11.1. The summed E-state index contributed by atoms with van der Waals surface area (Å²) in [5, 5.41) is 0. The van der Waals surface area contributed by atoms with Gasteiger partial charge in [-0.1, -0.05) is 12.1 Å². The minimum atomic E-state index is 0.821. The van der Waals surface area contributed by atoms with Crippen molar-refractivity contribution in [3.8, 4) is 0 Å². The molecule has 2 nitrogen and oxygen atoms in total. The van der Waals surface area contributed by atoms with E-state index in [-0.39, 0.29) is 0 Å². The molecule has 0 aliphatic carbocycles. The van der Waals surface area contributed by atoms with Crippen molar-refractivity contribution in [2.75, 3.05) is 11.5 Å². The van der Waals surface area contributed by atoms with Crippen LogP contribution in [0.1, 0.15) is 11.3 Å². The topological polar surface area (TPSA) is 39.2 Å². The van der Waals surface area contributed by atoms with Gasteiger partial charge in [-0.05, 0) is 37.1 Å². The van der Waals surface area contributed by atoms with Crippen molar-refractivity contribution in [1.29, 1.82) is 0 Å². The number of anilines is 1. The van der Waals surface area contributed by atoms with Crippen LogP contribution in [0.4, 0.5) is 5.69 Å². The van der Waals surface area contributed by atoms with Crippen molar-refractivity contribution < 1.29 is 4.42 Å². The van der Waals surface area contributed by atoms with Crippen molar-refractivity contribution in [1.82, 2.24) is 0 Å². The van der Waals surface area contributed by atoms with Gasteiger partial charge in [0, 0.05) is 16.3 Å². The van der Waals surface area contributed by atoms with E-state index in [1.165, 1.54) is 10.5 Å². The molecule has 3 heteroatoms. The first-order valence-electron chi connectivity index (χ1n) is 5.27. The Labute approximate surface area is 99.8 Å². The summed E-state index contributed by atoms with van der Waals surface area (Å²) in [5.41, 5.74) is 7.78. The molecular formula is C13H15NOS. The molecule has 1 aromatic heterocycles. The lowest BCUT2D eigenvalue weighted by atomic mass is 10.2. The molecule has 0 atom stereocenters. The Bertz CT molecular complexity index is 447. The van der Waals surface area contributed by atoms with E-state index >= 15 is 0 Å². The summed E-state index contributed by atoms with van der Waals surface area (Å²) < 4.78 is 5.25. The predicted octanol–water partition coefficient (Wildman–Crippen LogP) is 3.51. The summed E-state index contributed by atoms with van der Waals surface area (Å²) in [6, 6.07) is 10.1. The lowest BCUT2D eigenvalue weighted by Gasteiger charge is -2.01. The third-order valence-electron chi connectivity index (χ3n) is 2.44. The summed E-state index contributed by atoms with van der Waals surface area (Å²) in [7, 11) is 0. The van der Waals surface area contributed by atoms with Crippen molar-refractivity contribution in [3.63, 3.8) is 0 Å². The Morgan fingerprint density at radius 2 is 1.94 bits per heavy atom. The average Bonchev–Trinajstić information content (AvgIpc) is 2.68. The molecule has 0 fully saturated rings. The second kappa shape index (κ2) is 5.12. The van der Waals surface area contributed by atoms with Crippen LogP contribution in [-0.4, -0.2) is 5.75 Å². The van der Waals surface area contributed by atoms with Crippen LogP contribution in [0.25, 0.3) is 0 Å². The van der Waals surface area contributed by atoms with Gasteiger partial charge in [-0.2, -0.15) is 0 Å². The SMILES string of the molecule is Cc1occc1SCCc1ccc(N)cc1. The molecule has 0 aliphatic heterocycles. The summed E-state index contributed by atoms with van der Waals surface area (Å²) in [4.78, 5) is 1.23. The van der Waals surface area contributed by atoms with E-state index in [1.54, 1.807) is 6.26 Å². The molecule has 16 heavy (non-hydrogen) atoms. The number of hydrogen-bond donors (Lipinski definition) is 1. The van der Waals surface area contributed by atoms with Crippen LogP contribution in [0.2, 0.25) is 0 Å². The molecule has 2 rings (SSSR count). The maximum absolute atomic E-state index is 5.63. The normalized spacial score (nSPS) is 10.6. The standard InChI is InChI=1S/C13H15NOS/c1-10-13(6-8-15-10)16-9-7-11-2-4-12(14)5-3-11/h2-6,8H,7,9,14H2,1H3. The molecule has 1 heterocycles. The van der Waals surface area contributed by atoms with Crippen molar-refractivity contribution in [3.05, 3.63) is 47.9 Å². The molecule has 0 saturated heterocycles. The number of nitrogen functional groups attached to an aromatic ring is 1. The van der Waals surface area contributed by atoms with E-state index in [2.05, 4.69) is 12.1 Å². The zero-order valence-corrected chi connectivity index (χ0v) is 10.1. The molecule has 84 valence electrons. The van der Waals surface area contributed by atoms with Gasteiger partial charge in [-0.25, -0.2) is 0 Å². The highest BCUT2D eigenvalue weighted by atomic mass is 32.2. The molecule has 0 spiro atoms. The second-order valence-corrected chi connectivity index (χ2v) is 4.82. The second-order valence-electron chi connectivity index (χ2n) is 3.68. The molecule has 0 amide bonds. The molecule has 2 N–H and O–H groups in total. The molecule has 0 bridgehead atoms. The predicted molar refractivity (Wildman–Crippen MR) is 68.7 cm³/mol. The van der Waals surface area contributed by atoms with E-state index < -0.39 is 0 Å². The van der Waals surface area contributed by atoms with Crippen LogP contribution in [0.5, 0.6) is 0 Å². The first-order valence-corrected chi connectivity index (χ1v) is 6.25. The number of hydrogen-bond acceptors (Lipinski definition) is 3. The minimum Gasteiger partial charge on any atom is -0.468 e. The average molecular weight is 233 g/mol. The van der Waals surface area contributed by atoms with Crippen molar-refractivity contribution in [2.45, 2.75) is 18.2 Å². The fourth-order valence-corrected chi connectivity index (χ4v) is 2.45. The van der Waals surface area contributed by atoms with E-state index in [9.17, 15) is 0 Å². The Kier molecular flexibility index (Phi) is 3.57. The van der Waals surface area contributed by atoms with Crippen LogP contribution in [0.15, 0.2) is 45.9 Å². The molecular weight excluding hydrogens is 218 g/mol. The molecule has 2 aromatic rings. The van der Waals surface area contributed by atoms with Crippen LogP contribution >= 0.6 is 11.8 Å². The highest BCUT2D eigenvalue weighted by Gasteiger charge is 2.01. The van der Waals surface area contributed by atoms with Crippen LogP contribution in [0, 0.1) is 6.92 Å². The highest BCUT2D eigenvalue weighted by molar-refractivity contribution is 7.99. The van der Waals surface area contributed by atoms with Gasteiger partial charge in [-0.15, -0.1) is 11.8 Å². The smallest absolute Gasteiger partial charge is 0.114 e. The summed E-state index contributed by atoms with van der Waals surface area (Å²) >= 11 is 1.83. The van der Waals surface area contributed by atoms with Crippen molar-refractivity contribution in [2.24, 2.45) is 0 Å². The summed E-state index contributed by atoms with van der Waals surface area (Å²) in [5.74, 6) is 2.06. The number of aryl methyl sites for hydroxylation is 2. The van der Waals surface area contributed by atoms with Crippen LogP contribution < -0.4 is 5.73 Å². The number of rotatable bonds is 4. The Balaban J connectivity index is 1.84. The fraction of sp³-hybridized carbons (Fsp3) is 0.231. The largest absolute Gasteiger partial charge is 0.468 e. The highest BCUT2D eigenvalue weighted by Crippen LogP contribution is 2.23. The Morgan fingerprint density at radius 3 is 2.56 bits per heavy atom. The molecule has 0 saturated carbocycles. The maximum atomic E-state index is 5.63. The third-order valence-corrected chi connectivity index (χ3v) is 3.58. The van der Waals surface area contributed by atoms with Gasteiger partial charge in [0.25, 0.3) is 0 Å². The monoisotopic (exact) mass is 233 g/mol. The van der Waals surface area contributed by atoms with Gasteiger partial charge in [0.1, 0.15) is 5.76 Å². The Morgan fingerprint density at radius 1 is 1.19 bits per heavy atom. The van der Waals surface area contributed by atoms with E-state index in [0.717, 1.165) is 23.6 Å². The summed E-state index contributed by atoms with van der Waals surface area (Å²) in [6.45, 7) is 1.99. The van der Waals surface area contributed by atoms with E-state index in [0.29, 0.717) is 0 Å². The molecule has 0 aliphatic rings. The Hall–Kier alpha value is -1.35. The van der Waals surface area contributed by atoms with Gasteiger partial charge < -0.3 is 10.2 Å². The lowest BCUT2D eigenvalue weighted by molar-refractivity contribution is 0.527. The zero-order valence-electron chi connectivity index (χ0n) is 9.27. The quantitative estimate of drug-likeness (QED) is 0.649. The van der Waals surface area contributed by atoms with Gasteiger partial charge >= 0.3 is 0 Å². The first-order chi connectivity index (χ1) is 7.75. The number of benzene rings is 1. The fourth-order valence-electron chi connectivity index (χ4n) is 1.49. The van der Waals surface area contributed by atoms with Gasteiger partial charge in [0.2, 0.25) is 0 Å². The maximum Gasteiger partial charge on any atom is 0.114 e. The minimum absolute atomic E-state index is 0.821. The molecule has 0 unspecified atom stereocenters.